The zero-order valence-corrected chi connectivity index (χ0v) is 17.3. The van der Waals surface area contributed by atoms with Crippen LogP contribution in [0.4, 0.5) is 5.69 Å². The fraction of sp³-hybridized carbons (Fsp3) is 0.273. The van der Waals surface area contributed by atoms with Gasteiger partial charge in [0.2, 0.25) is 0 Å². The van der Waals surface area contributed by atoms with E-state index in [9.17, 15) is 4.79 Å². The SMILES string of the molecule is CCNc1cc[n+](CCNC(=O)c2ccn3c(-c4c(C)noc4C)cnc3c2)cc1. The Morgan fingerprint density at radius 2 is 2.03 bits per heavy atom. The Bertz CT molecular complexity index is 1160. The van der Waals surface area contributed by atoms with E-state index in [4.69, 9.17) is 4.52 Å². The molecule has 8 heteroatoms. The number of aromatic nitrogens is 4. The van der Waals surface area contributed by atoms with Gasteiger partial charge in [0.15, 0.2) is 18.9 Å². The lowest BCUT2D eigenvalue weighted by atomic mass is 10.1. The van der Waals surface area contributed by atoms with Crippen LogP contribution in [0.3, 0.4) is 0 Å². The molecule has 0 unspecified atom stereocenters. The van der Waals surface area contributed by atoms with E-state index < -0.39 is 0 Å². The van der Waals surface area contributed by atoms with Crippen molar-refractivity contribution >= 4 is 17.2 Å². The minimum absolute atomic E-state index is 0.121. The maximum Gasteiger partial charge on any atom is 0.251 e. The molecule has 0 aliphatic carbocycles. The number of anilines is 1. The van der Waals surface area contributed by atoms with Gasteiger partial charge < -0.3 is 15.2 Å². The van der Waals surface area contributed by atoms with E-state index in [1.165, 1.54) is 0 Å². The van der Waals surface area contributed by atoms with Gasteiger partial charge in [0.05, 0.1) is 29.7 Å². The fourth-order valence-corrected chi connectivity index (χ4v) is 3.48. The van der Waals surface area contributed by atoms with Crippen molar-refractivity contribution in [2.45, 2.75) is 27.3 Å². The van der Waals surface area contributed by atoms with Gasteiger partial charge in [-0.3, -0.25) is 9.20 Å². The van der Waals surface area contributed by atoms with Gasteiger partial charge in [-0.2, -0.15) is 0 Å². The third-order valence-electron chi connectivity index (χ3n) is 4.99. The molecular formula is C22H25N6O2+. The van der Waals surface area contributed by atoms with Crippen molar-refractivity contribution in [3.8, 4) is 11.3 Å². The lowest BCUT2D eigenvalue weighted by molar-refractivity contribution is -0.694. The molecule has 0 aromatic carbocycles. The summed E-state index contributed by atoms with van der Waals surface area (Å²) in [7, 11) is 0. The first-order chi connectivity index (χ1) is 14.6. The molecule has 4 heterocycles. The molecule has 154 valence electrons. The maximum absolute atomic E-state index is 12.6. The van der Waals surface area contributed by atoms with Crippen LogP contribution < -0.4 is 15.2 Å². The van der Waals surface area contributed by atoms with E-state index in [2.05, 4.69) is 27.7 Å². The predicted octanol–water partition coefficient (Wildman–Crippen LogP) is 2.76. The number of hydrogen-bond donors (Lipinski definition) is 2. The molecule has 0 bridgehead atoms. The second kappa shape index (κ2) is 8.36. The van der Waals surface area contributed by atoms with E-state index in [1.54, 1.807) is 18.3 Å². The molecule has 4 rings (SSSR count). The number of hydrogen-bond acceptors (Lipinski definition) is 5. The number of rotatable bonds is 7. The summed E-state index contributed by atoms with van der Waals surface area (Å²) in [6.45, 7) is 7.96. The van der Waals surface area contributed by atoms with Crippen molar-refractivity contribution < 1.29 is 13.9 Å². The van der Waals surface area contributed by atoms with Gasteiger partial charge in [-0.1, -0.05) is 5.16 Å². The van der Waals surface area contributed by atoms with Gasteiger partial charge in [0, 0.05) is 36.1 Å². The quantitative estimate of drug-likeness (QED) is 0.462. The number of nitrogens with zero attached hydrogens (tertiary/aromatic N) is 4. The maximum atomic E-state index is 12.6. The number of aryl methyl sites for hydroxylation is 2. The summed E-state index contributed by atoms with van der Waals surface area (Å²) in [4.78, 5) is 17.0. The van der Waals surface area contributed by atoms with Crippen molar-refractivity contribution in [1.82, 2.24) is 19.9 Å². The van der Waals surface area contributed by atoms with Gasteiger partial charge >= 0.3 is 0 Å². The first-order valence-corrected chi connectivity index (χ1v) is 9.98. The molecule has 4 aromatic rings. The minimum Gasteiger partial charge on any atom is -0.385 e. The molecule has 0 aliphatic heterocycles. The van der Waals surface area contributed by atoms with Gasteiger partial charge in [0.1, 0.15) is 11.4 Å². The third-order valence-corrected chi connectivity index (χ3v) is 4.99. The molecule has 0 spiro atoms. The highest BCUT2D eigenvalue weighted by atomic mass is 16.5. The molecule has 0 aliphatic rings. The Kier molecular flexibility index (Phi) is 5.47. The largest absolute Gasteiger partial charge is 0.385 e. The Morgan fingerprint density at radius 3 is 2.73 bits per heavy atom. The summed E-state index contributed by atoms with van der Waals surface area (Å²) in [6, 6.07) is 7.63. The Balaban J connectivity index is 1.42. The van der Waals surface area contributed by atoms with Crippen molar-refractivity contribution in [3.05, 3.63) is 66.1 Å². The first-order valence-electron chi connectivity index (χ1n) is 9.98. The molecule has 2 N–H and O–H groups in total. The van der Waals surface area contributed by atoms with Gasteiger partial charge in [-0.15, -0.1) is 0 Å². The van der Waals surface area contributed by atoms with Crippen molar-refractivity contribution in [3.63, 3.8) is 0 Å². The number of nitrogens with one attached hydrogen (secondary N) is 2. The van der Waals surface area contributed by atoms with Crippen LogP contribution in [0.2, 0.25) is 0 Å². The minimum atomic E-state index is -0.121. The lowest BCUT2D eigenvalue weighted by Gasteiger charge is -2.06. The van der Waals surface area contributed by atoms with Crippen LogP contribution in [0, 0.1) is 13.8 Å². The van der Waals surface area contributed by atoms with Crippen LogP contribution in [0.5, 0.6) is 0 Å². The van der Waals surface area contributed by atoms with Crippen LogP contribution in [0.15, 0.2) is 53.6 Å². The first kappa shape index (κ1) is 19.6. The standard InChI is InChI=1S/C22H24N6O2/c1-4-23-18-6-9-27(10-7-18)12-8-24-22(29)17-5-11-28-19(14-25-20(28)13-17)21-15(2)26-30-16(21)3/h5-7,9-11,13-14H,4,8,12H2,1-3H3,(H,24,29)/p+1. The van der Waals surface area contributed by atoms with Crippen LogP contribution in [-0.4, -0.2) is 33.5 Å². The van der Waals surface area contributed by atoms with Crippen molar-refractivity contribution in [2.24, 2.45) is 0 Å². The normalized spacial score (nSPS) is 11.0. The molecule has 0 saturated heterocycles. The average molecular weight is 405 g/mol. The van der Waals surface area contributed by atoms with Crippen LogP contribution in [-0.2, 0) is 6.54 Å². The van der Waals surface area contributed by atoms with Gasteiger partial charge in [0.25, 0.3) is 5.91 Å². The number of amides is 1. The van der Waals surface area contributed by atoms with E-state index in [0.29, 0.717) is 24.3 Å². The summed E-state index contributed by atoms with van der Waals surface area (Å²) < 4.78 is 9.24. The summed E-state index contributed by atoms with van der Waals surface area (Å²) in [5, 5.41) is 10.2. The zero-order chi connectivity index (χ0) is 21.1. The summed E-state index contributed by atoms with van der Waals surface area (Å²) in [5.41, 5.74) is 4.99. The molecule has 0 fully saturated rings. The van der Waals surface area contributed by atoms with Crippen LogP contribution >= 0.6 is 0 Å². The Labute approximate surface area is 174 Å². The average Bonchev–Trinajstić information content (AvgIpc) is 3.31. The molecule has 0 atom stereocenters. The molecule has 0 radical (unpaired) electrons. The summed E-state index contributed by atoms with van der Waals surface area (Å²) >= 11 is 0. The molecule has 30 heavy (non-hydrogen) atoms. The summed E-state index contributed by atoms with van der Waals surface area (Å²) in [5.74, 6) is 0.622. The topological polar surface area (TPSA) is 88.3 Å². The zero-order valence-electron chi connectivity index (χ0n) is 17.3. The van der Waals surface area contributed by atoms with Gasteiger partial charge in [-0.25, -0.2) is 9.55 Å². The highest BCUT2D eigenvalue weighted by Crippen LogP contribution is 2.27. The second-order valence-corrected chi connectivity index (χ2v) is 7.10. The molecule has 1 amide bonds. The van der Waals surface area contributed by atoms with Gasteiger partial charge in [-0.05, 0) is 32.9 Å². The van der Waals surface area contributed by atoms with E-state index in [1.807, 2.05) is 53.5 Å². The van der Waals surface area contributed by atoms with E-state index in [0.717, 1.165) is 34.9 Å². The molecule has 0 saturated carbocycles. The van der Waals surface area contributed by atoms with Crippen LogP contribution in [0.25, 0.3) is 16.9 Å². The number of fused-ring (bicyclic) bond motifs is 1. The molecule has 8 nitrogen and oxygen atoms in total. The lowest BCUT2D eigenvalue weighted by Crippen LogP contribution is -2.40. The third kappa shape index (κ3) is 3.89. The fourth-order valence-electron chi connectivity index (χ4n) is 3.48. The van der Waals surface area contributed by atoms with Crippen molar-refractivity contribution in [2.75, 3.05) is 18.4 Å². The number of carbonyl (C=O) groups is 1. The van der Waals surface area contributed by atoms with E-state index >= 15 is 0 Å². The number of carbonyl (C=O) groups excluding carboxylic acids is 1. The Hall–Kier alpha value is -3.68. The Morgan fingerprint density at radius 1 is 1.23 bits per heavy atom. The number of imidazole rings is 1. The second-order valence-electron chi connectivity index (χ2n) is 7.10. The highest BCUT2D eigenvalue weighted by Gasteiger charge is 2.17. The summed E-state index contributed by atoms with van der Waals surface area (Å²) in [6.07, 6.45) is 7.62. The van der Waals surface area contributed by atoms with Crippen LogP contribution in [0.1, 0.15) is 28.7 Å². The smallest absolute Gasteiger partial charge is 0.251 e. The predicted molar refractivity (Wildman–Crippen MR) is 113 cm³/mol. The van der Waals surface area contributed by atoms with E-state index in [-0.39, 0.29) is 5.91 Å². The highest BCUT2D eigenvalue weighted by molar-refractivity contribution is 5.95. The molecule has 4 aromatic heterocycles. The number of pyridine rings is 2. The molecular weight excluding hydrogens is 380 g/mol. The van der Waals surface area contributed by atoms with Crippen molar-refractivity contribution in [1.29, 1.82) is 0 Å². The monoisotopic (exact) mass is 405 g/mol.